The van der Waals surface area contributed by atoms with E-state index in [9.17, 15) is 13.2 Å². The van der Waals surface area contributed by atoms with E-state index in [-0.39, 0.29) is 23.4 Å². The molecule has 0 radical (unpaired) electrons. The third kappa shape index (κ3) is 3.74. The molecule has 2 N–H and O–H groups in total. The largest absolute Gasteiger partial charge is 0.335 e. The maximum absolute atomic E-state index is 12.6. The lowest BCUT2D eigenvalue weighted by Gasteiger charge is -2.30. The molecule has 25 heavy (non-hydrogen) atoms. The van der Waals surface area contributed by atoms with Crippen LogP contribution in [0.15, 0.2) is 35.7 Å². The summed E-state index contributed by atoms with van der Waals surface area (Å²) in [6, 6.07) is 5.88. The van der Waals surface area contributed by atoms with Gasteiger partial charge in [0.1, 0.15) is 0 Å². The number of aryl methyl sites for hydroxylation is 2. The van der Waals surface area contributed by atoms with Crippen molar-refractivity contribution < 1.29 is 13.2 Å². The fourth-order valence-corrected chi connectivity index (χ4v) is 4.42. The number of nitrogens with one attached hydrogen (secondary N) is 2. The molecule has 1 atom stereocenters. The first-order chi connectivity index (χ1) is 11.9. The van der Waals surface area contributed by atoms with Crippen LogP contribution in [0.25, 0.3) is 0 Å². The Morgan fingerprint density at radius 3 is 2.88 bits per heavy atom. The number of carbonyl (C=O) groups is 1. The molecule has 1 aromatic heterocycles. The van der Waals surface area contributed by atoms with Crippen molar-refractivity contribution in [1.29, 1.82) is 0 Å². The van der Waals surface area contributed by atoms with Crippen molar-refractivity contribution in [2.24, 2.45) is 5.92 Å². The maximum atomic E-state index is 12.6. The van der Waals surface area contributed by atoms with Crippen molar-refractivity contribution in [3.05, 3.63) is 41.9 Å². The Balaban J connectivity index is 1.73. The van der Waals surface area contributed by atoms with Gasteiger partial charge in [0.15, 0.2) is 5.03 Å². The lowest BCUT2D eigenvalue weighted by Crippen LogP contribution is -2.43. The van der Waals surface area contributed by atoms with Crippen molar-refractivity contribution in [3.63, 3.8) is 0 Å². The van der Waals surface area contributed by atoms with Gasteiger partial charge in [-0.3, -0.25) is 4.79 Å². The van der Waals surface area contributed by atoms with Gasteiger partial charge in [0.05, 0.1) is 18.4 Å². The van der Waals surface area contributed by atoms with Gasteiger partial charge < -0.3 is 10.3 Å². The molecule has 1 fully saturated rings. The summed E-state index contributed by atoms with van der Waals surface area (Å²) >= 11 is 0. The highest BCUT2D eigenvalue weighted by atomic mass is 32.2. The zero-order valence-corrected chi connectivity index (χ0v) is 15.1. The van der Waals surface area contributed by atoms with Gasteiger partial charge in [-0.15, -0.1) is 0 Å². The fraction of sp³-hybridized carbons (Fsp3) is 0.412. The molecular formula is C17H22N4O3S. The molecule has 0 bridgehead atoms. The van der Waals surface area contributed by atoms with Crippen LogP contribution >= 0.6 is 0 Å². The summed E-state index contributed by atoms with van der Waals surface area (Å²) in [6.07, 6.45) is 3.95. The first kappa shape index (κ1) is 17.6. The molecule has 8 heteroatoms. The average molecular weight is 362 g/mol. The molecule has 1 aromatic carbocycles. The van der Waals surface area contributed by atoms with Crippen LogP contribution in [0.2, 0.25) is 0 Å². The monoisotopic (exact) mass is 362 g/mol. The summed E-state index contributed by atoms with van der Waals surface area (Å²) in [5.41, 5.74) is 2.82. The van der Waals surface area contributed by atoms with Gasteiger partial charge >= 0.3 is 0 Å². The van der Waals surface area contributed by atoms with E-state index >= 15 is 0 Å². The summed E-state index contributed by atoms with van der Waals surface area (Å²) in [4.78, 5) is 19.0. The molecule has 1 saturated heterocycles. The second-order valence-corrected chi connectivity index (χ2v) is 8.33. The number of imidazole rings is 1. The van der Waals surface area contributed by atoms with Gasteiger partial charge in [0.2, 0.25) is 5.91 Å². The second-order valence-electron chi connectivity index (χ2n) is 6.43. The smallest absolute Gasteiger partial charge is 0.260 e. The van der Waals surface area contributed by atoms with Crippen LogP contribution in [0.3, 0.4) is 0 Å². The van der Waals surface area contributed by atoms with Gasteiger partial charge in [-0.25, -0.2) is 13.4 Å². The van der Waals surface area contributed by atoms with Crippen molar-refractivity contribution >= 4 is 21.6 Å². The Morgan fingerprint density at radius 2 is 2.16 bits per heavy atom. The quantitative estimate of drug-likeness (QED) is 0.870. The third-order valence-corrected chi connectivity index (χ3v) is 6.29. The number of nitrogens with zero attached hydrogens (tertiary/aromatic N) is 2. The van der Waals surface area contributed by atoms with E-state index in [0.717, 1.165) is 16.8 Å². The molecule has 7 nitrogen and oxygen atoms in total. The molecule has 0 spiro atoms. The number of anilines is 1. The van der Waals surface area contributed by atoms with Gasteiger partial charge in [0, 0.05) is 18.8 Å². The Morgan fingerprint density at radius 1 is 1.36 bits per heavy atom. The number of aromatic nitrogens is 2. The lowest BCUT2D eigenvalue weighted by molar-refractivity contribution is -0.120. The lowest BCUT2D eigenvalue weighted by atomic mass is 9.98. The minimum absolute atomic E-state index is 0.0584. The average Bonchev–Trinajstić information content (AvgIpc) is 3.13. The molecule has 1 aliphatic heterocycles. The number of aromatic amines is 1. The molecule has 3 rings (SSSR count). The van der Waals surface area contributed by atoms with Crippen molar-refractivity contribution in [1.82, 2.24) is 14.3 Å². The Labute approximate surface area is 147 Å². The summed E-state index contributed by atoms with van der Waals surface area (Å²) in [7, 11) is -3.64. The number of hydrogen-bond acceptors (Lipinski definition) is 4. The maximum Gasteiger partial charge on any atom is 0.260 e. The Bertz CT molecular complexity index is 862. The van der Waals surface area contributed by atoms with Crippen molar-refractivity contribution in [2.75, 3.05) is 18.4 Å². The molecule has 2 aromatic rings. The Hall–Kier alpha value is -2.19. The number of amides is 1. The van der Waals surface area contributed by atoms with Gasteiger partial charge in [0.25, 0.3) is 10.0 Å². The molecular weight excluding hydrogens is 340 g/mol. The number of piperidine rings is 1. The number of hydrogen-bond donors (Lipinski definition) is 2. The molecule has 2 heterocycles. The summed E-state index contributed by atoms with van der Waals surface area (Å²) in [6.45, 7) is 4.49. The van der Waals surface area contributed by atoms with Crippen LogP contribution in [0, 0.1) is 19.8 Å². The Kier molecular flexibility index (Phi) is 4.91. The molecule has 1 aliphatic rings. The van der Waals surface area contributed by atoms with Crippen LogP contribution < -0.4 is 5.32 Å². The number of H-pyrrole nitrogens is 1. The van der Waals surface area contributed by atoms with Crippen LogP contribution in [0.1, 0.15) is 24.0 Å². The first-order valence-electron chi connectivity index (χ1n) is 8.24. The highest BCUT2D eigenvalue weighted by Gasteiger charge is 2.34. The van der Waals surface area contributed by atoms with E-state index in [2.05, 4.69) is 15.3 Å². The van der Waals surface area contributed by atoms with E-state index < -0.39 is 10.0 Å². The number of benzene rings is 1. The highest BCUT2D eigenvalue weighted by molar-refractivity contribution is 7.89. The molecule has 134 valence electrons. The second kappa shape index (κ2) is 6.97. The minimum atomic E-state index is -3.64. The predicted molar refractivity (Wildman–Crippen MR) is 94.6 cm³/mol. The number of carbonyl (C=O) groups excluding carboxylic acids is 1. The van der Waals surface area contributed by atoms with Gasteiger partial charge in [-0.1, -0.05) is 12.1 Å². The normalized spacial score (nSPS) is 18.9. The highest BCUT2D eigenvalue weighted by Crippen LogP contribution is 2.24. The van der Waals surface area contributed by atoms with E-state index in [1.54, 1.807) is 0 Å². The summed E-state index contributed by atoms with van der Waals surface area (Å²) in [5.74, 6) is -0.510. The molecule has 1 amide bonds. The zero-order chi connectivity index (χ0) is 18.0. The number of sulfonamides is 1. The third-order valence-electron chi connectivity index (χ3n) is 4.50. The zero-order valence-electron chi connectivity index (χ0n) is 14.3. The first-order valence-corrected chi connectivity index (χ1v) is 9.68. The molecule has 0 aliphatic carbocycles. The van der Waals surface area contributed by atoms with Gasteiger partial charge in [-0.2, -0.15) is 4.31 Å². The predicted octanol–water partition coefficient (Wildman–Crippen LogP) is 2.07. The van der Waals surface area contributed by atoms with Crippen LogP contribution in [-0.2, 0) is 14.8 Å². The topological polar surface area (TPSA) is 95.2 Å². The summed E-state index contributed by atoms with van der Waals surface area (Å²) in [5, 5.41) is 3.01. The minimum Gasteiger partial charge on any atom is -0.335 e. The molecule has 1 unspecified atom stereocenters. The summed E-state index contributed by atoms with van der Waals surface area (Å²) < 4.78 is 26.6. The van der Waals surface area contributed by atoms with Gasteiger partial charge in [-0.05, 0) is 43.9 Å². The van der Waals surface area contributed by atoms with E-state index in [4.69, 9.17) is 0 Å². The fourth-order valence-electron chi connectivity index (χ4n) is 3.00. The SMILES string of the molecule is Cc1ccc(C)c(NC(=O)C2CCCN(S(=O)(=O)c3cnc[nH]3)C2)c1. The van der Waals surface area contributed by atoms with Crippen molar-refractivity contribution in [2.45, 2.75) is 31.7 Å². The van der Waals surface area contributed by atoms with Crippen LogP contribution in [0.4, 0.5) is 5.69 Å². The van der Waals surface area contributed by atoms with E-state index in [1.807, 2.05) is 32.0 Å². The van der Waals surface area contributed by atoms with E-state index in [0.29, 0.717) is 19.4 Å². The van der Waals surface area contributed by atoms with Crippen molar-refractivity contribution in [3.8, 4) is 0 Å². The van der Waals surface area contributed by atoms with E-state index in [1.165, 1.54) is 16.8 Å². The standard InChI is InChI=1S/C17H22N4O3S/c1-12-5-6-13(2)15(8-12)20-17(22)14-4-3-7-21(10-14)25(23,24)16-9-18-11-19-16/h5-6,8-9,11,14H,3-4,7,10H2,1-2H3,(H,18,19)(H,20,22). The van der Waals surface area contributed by atoms with Crippen LogP contribution in [0.5, 0.6) is 0 Å². The van der Waals surface area contributed by atoms with Crippen LogP contribution in [-0.4, -0.2) is 41.7 Å². The number of rotatable bonds is 4. The molecule has 0 saturated carbocycles.